The van der Waals surface area contributed by atoms with Gasteiger partial charge in [0.15, 0.2) is 10.9 Å². The van der Waals surface area contributed by atoms with Gasteiger partial charge in [-0.05, 0) is 24.6 Å². The predicted molar refractivity (Wildman–Crippen MR) is 102 cm³/mol. The van der Waals surface area contributed by atoms with Gasteiger partial charge in [0.05, 0.1) is 11.4 Å². The normalized spacial score (nSPS) is 11.9. The zero-order valence-corrected chi connectivity index (χ0v) is 14.6. The molecule has 3 aromatic rings. The van der Waals surface area contributed by atoms with Crippen LogP contribution in [0.25, 0.3) is 11.3 Å². The molecule has 0 radical (unpaired) electrons. The lowest BCUT2D eigenvalue weighted by Gasteiger charge is -2.18. The van der Waals surface area contributed by atoms with Crippen molar-refractivity contribution in [2.24, 2.45) is 0 Å². The van der Waals surface area contributed by atoms with Crippen LogP contribution in [0.15, 0.2) is 41.9 Å². The van der Waals surface area contributed by atoms with E-state index >= 15 is 0 Å². The van der Waals surface area contributed by atoms with Crippen molar-refractivity contribution in [1.82, 2.24) is 15.2 Å². The van der Waals surface area contributed by atoms with Crippen LogP contribution in [0, 0.1) is 0 Å². The molecule has 1 aromatic carbocycles. The highest BCUT2D eigenvalue weighted by molar-refractivity contribution is 7.13. The number of thiazole rings is 1. The highest BCUT2D eigenvalue weighted by Crippen LogP contribution is 2.29. The summed E-state index contributed by atoms with van der Waals surface area (Å²) in [6, 6.07) is 9.01. The molecule has 0 bridgehead atoms. The van der Waals surface area contributed by atoms with Crippen LogP contribution in [-0.4, -0.2) is 32.9 Å². The molecule has 3 rings (SSSR count). The number of nitrogens with two attached hydrogens (primary N) is 1. The minimum Gasteiger partial charge on any atom is -0.507 e. The largest absolute Gasteiger partial charge is 0.507 e. The van der Waals surface area contributed by atoms with Crippen LogP contribution < -0.4 is 16.4 Å². The number of rotatable bonds is 7. The third kappa shape index (κ3) is 4.16. The summed E-state index contributed by atoms with van der Waals surface area (Å²) in [6.45, 7) is 2.76. The minimum atomic E-state index is 0.157. The molecule has 0 saturated heterocycles. The van der Waals surface area contributed by atoms with Crippen molar-refractivity contribution in [2.75, 3.05) is 22.9 Å². The molecule has 0 fully saturated rings. The van der Waals surface area contributed by atoms with E-state index in [9.17, 15) is 5.11 Å². The van der Waals surface area contributed by atoms with Crippen LogP contribution in [0.1, 0.15) is 13.3 Å². The molecule has 0 spiro atoms. The summed E-state index contributed by atoms with van der Waals surface area (Å²) in [5.41, 5.74) is 7.81. The standard InChI is InChI=1S/C17H20N6OS/c1-2-11(21-17-19-7-8-25-17)10-20-14-9-13(22-23-16(14)18)12-5-3-4-6-15(12)24/h3-9,11,24H,2,10H2,1H3,(H2,18,23)(H,19,21)(H,20,22). The fraction of sp³-hybridized carbons (Fsp3) is 0.235. The molecule has 0 amide bonds. The number of phenols is 1. The monoisotopic (exact) mass is 356 g/mol. The number of nitrogen functional groups attached to an aromatic ring is 1. The molecule has 5 N–H and O–H groups in total. The zero-order valence-electron chi connectivity index (χ0n) is 13.8. The molecule has 130 valence electrons. The van der Waals surface area contributed by atoms with E-state index in [0.717, 1.165) is 11.6 Å². The van der Waals surface area contributed by atoms with Crippen molar-refractivity contribution in [2.45, 2.75) is 19.4 Å². The minimum absolute atomic E-state index is 0.157. The molecule has 1 unspecified atom stereocenters. The fourth-order valence-corrected chi connectivity index (χ4v) is 2.97. The molecule has 2 heterocycles. The molecule has 0 aliphatic carbocycles. The van der Waals surface area contributed by atoms with Crippen LogP contribution in [0.3, 0.4) is 0 Å². The number of nitrogens with one attached hydrogen (secondary N) is 2. The van der Waals surface area contributed by atoms with Crippen LogP contribution in [-0.2, 0) is 0 Å². The SMILES string of the molecule is CCC(CNc1cc(-c2ccccc2O)nnc1N)Nc1nccs1. The first-order valence-corrected chi connectivity index (χ1v) is 8.86. The predicted octanol–water partition coefficient (Wildman–Crippen LogP) is 3.19. The van der Waals surface area contributed by atoms with Gasteiger partial charge in [0, 0.05) is 29.7 Å². The van der Waals surface area contributed by atoms with Gasteiger partial charge in [0.25, 0.3) is 0 Å². The van der Waals surface area contributed by atoms with Gasteiger partial charge in [0.2, 0.25) is 0 Å². The van der Waals surface area contributed by atoms with Gasteiger partial charge in [-0.2, -0.15) is 0 Å². The highest BCUT2D eigenvalue weighted by atomic mass is 32.1. The second kappa shape index (κ2) is 7.80. The Labute approximate surface area is 150 Å². The molecule has 25 heavy (non-hydrogen) atoms. The van der Waals surface area contributed by atoms with Crippen LogP contribution >= 0.6 is 11.3 Å². The maximum atomic E-state index is 9.99. The average Bonchev–Trinajstić information content (AvgIpc) is 3.13. The molecule has 0 aliphatic rings. The van der Waals surface area contributed by atoms with E-state index in [2.05, 4.69) is 32.7 Å². The van der Waals surface area contributed by atoms with E-state index in [4.69, 9.17) is 5.73 Å². The number of benzene rings is 1. The number of aromatic hydroxyl groups is 1. The Kier molecular flexibility index (Phi) is 5.30. The number of phenolic OH excluding ortho intramolecular Hbond substituents is 1. The Balaban J connectivity index is 1.73. The van der Waals surface area contributed by atoms with Gasteiger partial charge in [-0.15, -0.1) is 21.5 Å². The van der Waals surface area contributed by atoms with Gasteiger partial charge in [-0.1, -0.05) is 19.1 Å². The molecule has 0 aliphatic heterocycles. The Morgan fingerprint density at radius 1 is 1.28 bits per heavy atom. The summed E-state index contributed by atoms with van der Waals surface area (Å²) in [5.74, 6) is 0.479. The van der Waals surface area contributed by atoms with E-state index in [1.165, 1.54) is 0 Å². The van der Waals surface area contributed by atoms with Crippen molar-refractivity contribution in [3.05, 3.63) is 41.9 Å². The van der Waals surface area contributed by atoms with Gasteiger partial charge < -0.3 is 21.5 Å². The van der Waals surface area contributed by atoms with Gasteiger partial charge in [-0.25, -0.2) is 4.98 Å². The van der Waals surface area contributed by atoms with E-state index < -0.39 is 0 Å². The fourth-order valence-electron chi connectivity index (χ4n) is 2.36. The van der Waals surface area contributed by atoms with Crippen molar-refractivity contribution in [3.63, 3.8) is 0 Å². The first kappa shape index (κ1) is 17.0. The maximum absolute atomic E-state index is 9.99. The highest BCUT2D eigenvalue weighted by Gasteiger charge is 2.12. The molecule has 1 atom stereocenters. The Morgan fingerprint density at radius 2 is 2.12 bits per heavy atom. The van der Waals surface area contributed by atoms with E-state index in [1.807, 2.05) is 11.4 Å². The van der Waals surface area contributed by atoms with Crippen LogP contribution in [0.2, 0.25) is 0 Å². The smallest absolute Gasteiger partial charge is 0.182 e. The number of aromatic nitrogens is 3. The lowest BCUT2D eigenvalue weighted by molar-refractivity contribution is 0.477. The van der Waals surface area contributed by atoms with Crippen molar-refractivity contribution < 1.29 is 5.11 Å². The molecule has 8 heteroatoms. The molecule has 2 aromatic heterocycles. The summed E-state index contributed by atoms with van der Waals surface area (Å²) < 4.78 is 0. The summed E-state index contributed by atoms with van der Waals surface area (Å²) in [6.07, 6.45) is 2.70. The lowest BCUT2D eigenvalue weighted by atomic mass is 10.1. The first-order valence-electron chi connectivity index (χ1n) is 7.98. The van der Waals surface area contributed by atoms with Crippen molar-refractivity contribution in [3.8, 4) is 17.0 Å². The van der Waals surface area contributed by atoms with Crippen molar-refractivity contribution in [1.29, 1.82) is 0 Å². The number of nitrogens with zero attached hydrogens (tertiary/aromatic N) is 3. The number of para-hydroxylation sites is 1. The molecular weight excluding hydrogens is 336 g/mol. The van der Waals surface area contributed by atoms with Gasteiger partial charge >= 0.3 is 0 Å². The second-order valence-corrected chi connectivity index (χ2v) is 6.41. The van der Waals surface area contributed by atoms with Crippen LogP contribution in [0.4, 0.5) is 16.6 Å². The lowest BCUT2D eigenvalue weighted by Crippen LogP contribution is -2.27. The quantitative estimate of drug-likeness (QED) is 0.515. The molecule has 0 saturated carbocycles. The number of hydrogen-bond acceptors (Lipinski definition) is 8. The van der Waals surface area contributed by atoms with Crippen molar-refractivity contribution >= 4 is 28.0 Å². The van der Waals surface area contributed by atoms with Gasteiger partial charge in [-0.3, -0.25) is 0 Å². The average molecular weight is 356 g/mol. The second-order valence-electron chi connectivity index (χ2n) is 5.51. The van der Waals surface area contributed by atoms with Crippen LogP contribution in [0.5, 0.6) is 5.75 Å². The molecular formula is C17H20N6OS. The number of anilines is 3. The summed E-state index contributed by atoms with van der Waals surface area (Å²) in [5, 5.41) is 27.6. The Hall–Kier alpha value is -2.87. The topological polar surface area (TPSA) is 109 Å². The third-order valence-electron chi connectivity index (χ3n) is 3.79. The summed E-state index contributed by atoms with van der Waals surface area (Å²) >= 11 is 1.57. The molecule has 7 nitrogen and oxygen atoms in total. The van der Waals surface area contributed by atoms with E-state index in [1.54, 1.807) is 41.8 Å². The summed E-state index contributed by atoms with van der Waals surface area (Å²) in [4.78, 5) is 4.24. The Morgan fingerprint density at radius 3 is 2.84 bits per heavy atom. The van der Waals surface area contributed by atoms with E-state index in [0.29, 0.717) is 29.3 Å². The summed E-state index contributed by atoms with van der Waals surface area (Å²) in [7, 11) is 0. The third-order valence-corrected chi connectivity index (χ3v) is 4.50. The maximum Gasteiger partial charge on any atom is 0.182 e. The zero-order chi connectivity index (χ0) is 17.6. The Bertz CT molecular complexity index is 824. The van der Waals surface area contributed by atoms with E-state index in [-0.39, 0.29) is 11.8 Å². The first-order chi connectivity index (χ1) is 12.2. The number of hydrogen-bond donors (Lipinski definition) is 4. The van der Waals surface area contributed by atoms with Gasteiger partial charge in [0.1, 0.15) is 5.75 Å².